The number of nitrogens with one attached hydrogen (secondary N) is 1. The van der Waals surface area contributed by atoms with Crippen molar-refractivity contribution in [3.63, 3.8) is 0 Å². The average molecular weight is 256 g/mol. The van der Waals surface area contributed by atoms with E-state index in [2.05, 4.69) is 5.32 Å². The number of aliphatic hydroxyl groups is 1. The third kappa shape index (κ3) is 2.98. The molecule has 7 heteroatoms. The van der Waals surface area contributed by atoms with Crippen molar-refractivity contribution in [2.45, 2.75) is 18.6 Å². The van der Waals surface area contributed by atoms with Gasteiger partial charge in [0, 0.05) is 39.1 Å². The van der Waals surface area contributed by atoms with Crippen LogP contribution in [-0.2, 0) is 9.59 Å². The maximum atomic E-state index is 12.1. The summed E-state index contributed by atoms with van der Waals surface area (Å²) in [7, 11) is 0. The lowest BCUT2D eigenvalue weighted by molar-refractivity contribution is -0.138. The van der Waals surface area contributed by atoms with Crippen molar-refractivity contribution < 1.29 is 14.7 Å². The molecule has 102 valence electrons. The van der Waals surface area contributed by atoms with Crippen LogP contribution in [0.5, 0.6) is 0 Å². The number of carbonyl (C=O) groups excluding carboxylic acids is 2. The van der Waals surface area contributed by atoms with Gasteiger partial charge in [-0.25, -0.2) is 0 Å². The molecule has 0 bridgehead atoms. The van der Waals surface area contributed by atoms with Gasteiger partial charge < -0.3 is 21.1 Å². The Kier molecular flexibility index (Phi) is 4.15. The molecule has 7 nitrogen and oxygen atoms in total. The molecular formula is C11H20N4O3. The summed E-state index contributed by atoms with van der Waals surface area (Å²) in [6.07, 6.45) is -0.391. The number of nitrogens with zero attached hydrogens (tertiary/aromatic N) is 2. The second kappa shape index (κ2) is 5.64. The first-order valence-corrected chi connectivity index (χ1v) is 6.28. The Morgan fingerprint density at radius 2 is 2.00 bits per heavy atom. The highest BCUT2D eigenvalue weighted by Gasteiger charge is 2.37. The smallest absolute Gasteiger partial charge is 0.240 e. The Balaban J connectivity index is 1.92. The monoisotopic (exact) mass is 256 g/mol. The van der Waals surface area contributed by atoms with Crippen LogP contribution in [0.4, 0.5) is 0 Å². The highest BCUT2D eigenvalue weighted by Crippen LogP contribution is 2.18. The molecule has 0 aromatic heterocycles. The van der Waals surface area contributed by atoms with Crippen molar-refractivity contribution >= 4 is 11.8 Å². The van der Waals surface area contributed by atoms with Gasteiger partial charge in [-0.3, -0.25) is 14.5 Å². The molecule has 2 atom stereocenters. The van der Waals surface area contributed by atoms with Crippen LogP contribution < -0.4 is 11.1 Å². The van der Waals surface area contributed by atoms with Crippen molar-refractivity contribution in [1.82, 2.24) is 15.1 Å². The van der Waals surface area contributed by atoms with Gasteiger partial charge in [0.25, 0.3) is 0 Å². The van der Waals surface area contributed by atoms with Crippen LogP contribution in [-0.4, -0.2) is 78.1 Å². The summed E-state index contributed by atoms with van der Waals surface area (Å²) >= 11 is 0. The highest BCUT2D eigenvalue weighted by molar-refractivity contribution is 5.88. The van der Waals surface area contributed by atoms with Crippen molar-refractivity contribution in [3.8, 4) is 0 Å². The summed E-state index contributed by atoms with van der Waals surface area (Å²) in [5.41, 5.74) is 5.25. The van der Waals surface area contributed by atoms with E-state index in [4.69, 9.17) is 5.73 Å². The lowest BCUT2D eigenvalue weighted by atomic mass is 10.2. The summed E-state index contributed by atoms with van der Waals surface area (Å²) in [6, 6.07) is -0.657. The van der Waals surface area contributed by atoms with Crippen LogP contribution in [0.25, 0.3) is 0 Å². The Hall–Kier alpha value is -1.18. The van der Waals surface area contributed by atoms with Crippen molar-refractivity contribution in [3.05, 3.63) is 0 Å². The van der Waals surface area contributed by atoms with E-state index < -0.39 is 18.1 Å². The van der Waals surface area contributed by atoms with Gasteiger partial charge in [-0.1, -0.05) is 0 Å². The highest BCUT2D eigenvalue weighted by atomic mass is 16.3. The molecule has 2 fully saturated rings. The summed E-state index contributed by atoms with van der Waals surface area (Å²) in [5, 5.41) is 12.8. The van der Waals surface area contributed by atoms with Crippen LogP contribution in [0.15, 0.2) is 0 Å². The predicted molar refractivity (Wildman–Crippen MR) is 64.6 cm³/mol. The first-order chi connectivity index (χ1) is 8.58. The number of piperazine rings is 1. The van der Waals surface area contributed by atoms with E-state index in [0.717, 1.165) is 26.2 Å². The van der Waals surface area contributed by atoms with Crippen molar-refractivity contribution in [2.75, 3.05) is 39.3 Å². The molecule has 2 aliphatic rings. The molecule has 18 heavy (non-hydrogen) atoms. The van der Waals surface area contributed by atoms with Crippen LogP contribution in [0, 0.1) is 0 Å². The first-order valence-electron chi connectivity index (χ1n) is 6.28. The minimum Gasteiger partial charge on any atom is -0.391 e. The fourth-order valence-corrected chi connectivity index (χ4v) is 2.51. The molecular weight excluding hydrogens is 236 g/mol. The number of aliphatic hydroxyl groups excluding tert-OH is 1. The summed E-state index contributed by atoms with van der Waals surface area (Å²) in [5.74, 6) is -0.669. The van der Waals surface area contributed by atoms with Gasteiger partial charge in [-0.15, -0.1) is 0 Å². The third-order valence-electron chi connectivity index (χ3n) is 3.50. The van der Waals surface area contributed by atoms with Gasteiger partial charge >= 0.3 is 0 Å². The van der Waals surface area contributed by atoms with E-state index in [1.807, 2.05) is 4.90 Å². The first kappa shape index (κ1) is 13.3. The number of likely N-dealkylation sites (tertiary alicyclic amines) is 1. The second-order valence-corrected chi connectivity index (χ2v) is 4.88. The largest absolute Gasteiger partial charge is 0.391 e. The van der Waals surface area contributed by atoms with E-state index in [9.17, 15) is 14.7 Å². The maximum Gasteiger partial charge on any atom is 0.240 e. The third-order valence-corrected chi connectivity index (χ3v) is 3.50. The van der Waals surface area contributed by atoms with Gasteiger partial charge in [0.2, 0.25) is 11.8 Å². The van der Waals surface area contributed by atoms with Gasteiger partial charge in [0.15, 0.2) is 0 Å². The number of β-amino-alcohol motifs (C(OH)–C–C–N with tert-alkyl or cyclic N) is 1. The van der Waals surface area contributed by atoms with Crippen LogP contribution in [0.2, 0.25) is 0 Å². The fourth-order valence-electron chi connectivity index (χ4n) is 2.51. The van der Waals surface area contributed by atoms with Crippen molar-refractivity contribution in [1.29, 1.82) is 0 Å². The Bertz CT molecular complexity index is 330. The Morgan fingerprint density at radius 1 is 1.33 bits per heavy atom. The number of carbonyl (C=O) groups is 2. The molecule has 2 heterocycles. The fraction of sp³-hybridized carbons (Fsp3) is 0.818. The zero-order chi connectivity index (χ0) is 13.1. The van der Waals surface area contributed by atoms with Crippen molar-refractivity contribution in [2.24, 2.45) is 5.73 Å². The van der Waals surface area contributed by atoms with Crippen LogP contribution in [0.1, 0.15) is 6.42 Å². The van der Waals surface area contributed by atoms with E-state index in [1.165, 1.54) is 4.90 Å². The zero-order valence-electron chi connectivity index (χ0n) is 10.3. The number of rotatable bonds is 3. The number of amides is 2. The van der Waals surface area contributed by atoms with E-state index in [0.29, 0.717) is 0 Å². The molecule has 4 N–H and O–H groups in total. The molecule has 2 unspecified atom stereocenters. The SMILES string of the molecule is NC(=O)C1CC(O)CN1C(=O)CN1CCNCC1. The molecule has 0 spiro atoms. The van der Waals surface area contributed by atoms with Crippen LogP contribution >= 0.6 is 0 Å². The molecule has 0 radical (unpaired) electrons. The average Bonchev–Trinajstić information content (AvgIpc) is 2.73. The lowest BCUT2D eigenvalue weighted by Gasteiger charge is -2.29. The Labute approximate surface area is 106 Å². The normalized spacial score (nSPS) is 29.5. The molecule has 2 rings (SSSR count). The van der Waals surface area contributed by atoms with Crippen LogP contribution in [0.3, 0.4) is 0 Å². The molecule has 0 saturated carbocycles. The molecule has 2 aliphatic heterocycles. The lowest BCUT2D eigenvalue weighted by Crippen LogP contribution is -2.51. The quantitative estimate of drug-likeness (QED) is 0.512. The summed E-state index contributed by atoms with van der Waals surface area (Å²) in [6.45, 7) is 3.88. The van der Waals surface area contributed by atoms with Gasteiger partial charge in [-0.2, -0.15) is 0 Å². The number of primary amides is 1. The molecule has 2 saturated heterocycles. The second-order valence-electron chi connectivity index (χ2n) is 4.88. The Morgan fingerprint density at radius 3 is 2.61 bits per heavy atom. The molecule has 0 aromatic rings. The van der Waals surface area contributed by atoms with Gasteiger partial charge in [0.05, 0.1) is 12.6 Å². The standard InChI is InChI=1S/C11H20N4O3/c12-11(18)9-5-8(16)6-15(9)10(17)7-14-3-1-13-2-4-14/h8-9,13,16H,1-7H2,(H2,12,18). The van der Waals surface area contributed by atoms with E-state index in [1.54, 1.807) is 0 Å². The van der Waals surface area contributed by atoms with E-state index >= 15 is 0 Å². The molecule has 2 amide bonds. The number of nitrogens with two attached hydrogens (primary N) is 1. The topological polar surface area (TPSA) is 98.9 Å². The zero-order valence-corrected chi connectivity index (χ0v) is 10.3. The molecule has 0 aromatic carbocycles. The number of hydrogen-bond donors (Lipinski definition) is 3. The molecule has 0 aliphatic carbocycles. The minimum atomic E-state index is -0.657. The predicted octanol–water partition coefficient (Wildman–Crippen LogP) is -2.66. The summed E-state index contributed by atoms with van der Waals surface area (Å²) in [4.78, 5) is 26.8. The van der Waals surface area contributed by atoms with E-state index in [-0.39, 0.29) is 25.4 Å². The van der Waals surface area contributed by atoms with Gasteiger partial charge in [-0.05, 0) is 0 Å². The minimum absolute atomic E-state index is 0.128. The summed E-state index contributed by atoms with van der Waals surface area (Å²) < 4.78 is 0. The number of hydrogen-bond acceptors (Lipinski definition) is 5. The maximum absolute atomic E-state index is 12.1. The van der Waals surface area contributed by atoms with Gasteiger partial charge in [0.1, 0.15) is 6.04 Å².